The normalized spacial score (nSPS) is 19.3. The Morgan fingerprint density at radius 1 is 1.26 bits per heavy atom. The average Bonchev–Trinajstić information content (AvgIpc) is 2.89. The van der Waals surface area contributed by atoms with Crippen LogP contribution in [-0.2, 0) is 16.6 Å². The molecule has 0 radical (unpaired) electrons. The summed E-state index contributed by atoms with van der Waals surface area (Å²) in [5.41, 5.74) is 2.85. The summed E-state index contributed by atoms with van der Waals surface area (Å²) in [5, 5.41) is 21.1. The van der Waals surface area contributed by atoms with Gasteiger partial charge in [0.05, 0.1) is 6.10 Å². The lowest BCUT2D eigenvalue weighted by Gasteiger charge is -2.22. The van der Waals surface area contributed by atoms with Gasteiger partial charge in [-0.2, -0.15) is 0 Å². The Balaban J connectivity index is 2.01. The molecule has 0 heterocycles. The number of benzene rings is 2. The molecule has 2 N–H and O–H groups in total. The zero-order valence-corrected chi connectivity index (χ0v) is 16.1. The third kappa shape index (κ3) is 4.03. The number of aromatic hydroxyl groups is 1. The molecule has 5 heteroatoms. The van der Waals surface area contributed by atoms with Crippen LogP contribution in [0.5, 0.6) is 11.5 Å². The average molecular weight is 367 g/mol. The number of carbonyl (C=O) groups is 1. The molecule has 0 spiro atoms. The molecule has 1 aliphatic rings. The molecule has 0 saturated heterocycles. The Hall–Kier alpha value is -2.66. The highest BCUT2D eigenvalue weighted by molar-refractivity contribution is 5.86. The number of hydrogen-bond donors (Lipinski definition) is 2. The summed E-state index contributed by atoms with van der Waals surface area (Å²) < 4.78 is 5.23. The highest BCUT2D eigenvalue weighted by atomic mass is 16.5. The van der Waals surface area contributed by atoms with E-state index in [0.29, 0.717) is 23.3 Å². The van der Waals surface area contributed by atoms with Crippen LogP contribution in [0.15, 0.2) is 41.4 Å². The van der Waals surface area contributed by atoms with Gasteiger partial charge in [0.1, 0.15) is 17.5 Å². The summed E-state index contributed by atoms with van der Waals surface area (Å²) in [6.07, 6.45) is 1.51. The van der Waals surface area contributed by atoms with Gasteiger partial charge in [-0.3, -0.25) is 9.79 Å². The van der Waals surface area contributed by atoms with E-state index in [0.717, 1.165) is 11.1 Å². The molecule has 0 bridgehead atoms. The van der Waals surface area contributed by atoms with Crippen LogP contribution in [0.1, 0.15) is 56.0 Å². The number of fused-ring (bicyclic) bond motifs is 1. The molecular weight excluding hydrogens is 342 g/mol. The van der Waals surface area contributed by atoms with Crippen LogP contribution in [0, 0.1) is 0 Å². The third-order valence-electron chi connectivity index (χ3n) is 4.72. The Bertz CT molecular complexity index is 896. The number of phenols is 1. The first-order valence-corrected chi connectivity index (χ1v) is 9.02. The van der Waals surface area contributed by atoms with Crippen molar-refractivity contribution in [2.45, 2.75) is 51.7 Å². The van der Waals surface area contributed by atoms with Crippen molar-refractivity contribution in [1.82, 2.24) is 0 Å². The van der Waals surface area contributed by atoms with Gasteiger partial charge in [-0.05, 0) is 28.7 Å². The summed E-state index contributed by atoms with van der Waals surface area (Å²) in [4.78, 5) is 15.9. The van der Waals surface area contributed by atoms with Crippen molar-refractivity contribution >= 4 is 12.2 Å². The van der Waals surface area contributed by atoms with Gasteiger partial charge in [-0.15, -0.1) is 0 Å². The number of aliphatic hydroxyl groups is 1. The molecule has 2 aromatic rings. The Kier molecular flexibility index (Phi) is 5.07. The van der Waals surface area contributed by atoms with Crippen molar-refractivity contribution in [2.75, 3.05) is 0 Å². The predicted octanol–water partition coefficient (Wildman–Crippen LogP) is 3.69. The Morgan fingerprint density at radius 2 is 1.96 bits per heavy atom. The van der Waals surface area contributed by atoms with E-state index in [4.69, 9.17) is 4.74 Å². The topological polar surface area (TPSA) is 79.1 Å². The lowest BCUT2D eigenvalue weighted by Crippen LogP contribution is -2.14. The van der Waals surface area contributed by atoms with Crippen molar-refractivity contribution in [2.24, 2.45) is 4.99 Å². The van der Waals surface area contributed by atoms with Crippen molar-refractivity contribution in [3.8, 4) is 11.5 Å². The second kappa shape index (κ2) is 7.16. The first kappa shape index (κ1) is 19.1. The quantitative estimate of drug-likeness (QED) is 0.493. The Morgan fingerprint density at radius 3 is 2.63 bits per heavy atom. The van der Waals surface area contributed by atoms with Crippen LogP contribution in [0.25, 0.3) is 0 Å². The van der Waals surface area contributed by atoms with Crippen molar-refractivity contribution in [1.29, 1.82) is 0 Å². The number of carbonyl (C=O) groups excluding carboxylic acids is 1. The smallest absolute Gasteiger partial charge is 0.308 e. The number of aliphatic hydroxyl groups excluding tert-OH is 1. The van der Waals surface area contributed by atoms with E-state index >= 15 is 0 Å². The molecule has 2 atom stereocenters. The Labute approximate surface area is 159 Å². The molecule has 0 fully saturated rings. The number of ether oxygens (including phenoxy) is 1. The van der Waals surface area contributed by atoms with Gasteiger partial charge in [-0.25, -0.2) is 0 Å². The second-order valence-electron chi connectivity index (χ2n) is 7.95. The van der Waals surface area contributed by atoms with E-state index in [1.807, 2.05) is 45.0 Å². The lowest BCUT2D eigenvalue weighted by atomic mass is 9.85. The zero-order chi connectivity index (χ0) is 19.8. The van der Waals surface area contributed by atoms with Crippen LogP contribution >= 0.6 is 0 Å². The van der Waals surface area contributed by atoms with Gasteiger partial charge in [-0.1, -0.05) is 45.0 Å². The molecule has 5 nitrogen and oxygen atoms in total. The monoisotopic (exact) mass is 367 g/mol. The van der Waals surface area contributed by atoms with Gasteiger partial charge in [0.15, 0.2) is 0 Å². The van der Waals surface area contributed by atoms with Gasteiger partial charge >= 0.3 is 5.97 Å². The van der Waals surface area contributed by atoms with E-state index < -0.39 is 12.1 Å². The summed E-state index contributed by atoms with van der Waals surface area (Å²) >= 11 is 0. The van der Waals surface area contributed by atoms with Gasteiger partial charge in [0.25, 0.3) is 0 Å². The van der Waals surface area contributed by atoms with Crippen LogP contribution < -0.4 is 4.74 Å². The van der Waals surface area contributed by atoms with Crippen LogP contribution in [0.2, 0.25) is 0 Å². The maximum atomic E-state index is 11.4. The standard InChI is InChI=1S/C22H25NO4/c1-13(24)27-16-9-15(21(26)18(11-16)22(2,3)4)12-23-20-17-8-6-5-7-14(17)10-19(20)25/h5-9,11-12,19-20,25-26H,10H2,1-4H3/t19-,20+/m1/s1. The number of rotatable bonds is 3. The molecule has 2 aromatic carbocycles. The first-order valence-electron chi connectivity index (χ1n) is 9.02. The maximum absolute atomic E-state index is 11.4. The molecule has 142 valence electrons. The summed E-state index contributed by atoms with van der Waals surface area (Å²) in [6, 6.07) is 10.7. The predicted molar refractivity (Wildman–Crippen MR) is 105 cm³/mol. The molecule has 0 unspecified atom stereocenters. The second-order valence-corrected chi connectivity index (χ2v) is 7.95. The maximum Gasteiger partial charge on any atom is 0.308 e. The first-order chi connectivity index (χ1) is 12.7. The van der Waals surface area contributed by atoms with Gasteiger partial charge < -0.3 is 14.9 Å². The van der Waals surface area contributed by atoms with Crippen molar-refractivity contribution < 1.29 is 19.7 Å². The number of phenolic OH excluding ortho intramolecular Hbond substituents is 1. The molecular formula is C22H25NO4. The number of esters is 1. The molecule has 0 amide bonds. The van der Waals surface area contributed by atoms with Crippen molar-refractivity contribution in [3.63, 3.8) is 0 Å². The van der Waals surface area contributed by atoms with Crippen LogP contribution in [0.4, 0.5) is 0 Å². The van der Waals surface area contributed by atoms with E-state index in [-0.39, 0.29) is 17.2 Å². The molecule has 0 aromatic heterocycles. The molecule has 1 aliphatic carbocycles. The molecule has 3 rings (SSSR count). The summed E-state index contributed by atoms with van der Waals surface area (Å²) in [5.74, 6) is 0.0329. The lowest BCUT2D eigenvalue weighted by molar-refractivity contribution is -0.131. The molecule has 27 heavy (non-hydrogen) atoms. The largest absolute Gasteiger partial charge is 0.507 e. The van der Waals surface area contributed by atoms with Crippen molar-refractivity contribution in [3.05, 3.63) is 58.7 Å². The fourth-order valence-corrected chi connectivity index (χ4v) is 3.42. The van der Waals surface area contributed by atoms with E-state index in [1.54, 1.807) is 18.3 Å². The van der Waals surface area contributed by atoms with E-state index in [2.05, 4.69) is 4.99 Å². The summed E-state index contributed by atoms with van der Waals surface area (Å²) in [7, 11) is 0. The third-order valence-corrected chi connectivity index (χ3v) is 4.72. The fraction of sp³-hybridized carbons (Fsp3) is 0.364. The molecule has 0 aliphatic heterocycles. The highest BCUT2D eigenvalue weighted by Gasteiger charge is 2.30. The minimum Gasteiger partial charge on any atom is -0.507 e. The van der Waals surface area contributed by atoms with Gasteiger partial charge in [0, 0.05) is 30.7 Å². The fourth-order valence-electron chi connectivity index (χ4n) is 3.42. The van der Waals surface area contributed by atoms with E-state index in [9.17, 15) is 15.0 Å². The summed E-state index contributed by atoms with van der Waals surface area (Å²) in [6.45, 7) is 7.25. The minimum atomic E-state index is -0.598. The van der Waals surface area contributed by atoms with E-state index in [1.165, 1.54) is 6.92 Å². The van der Waals surface area contributed by atoms with Crippen LogP contribution in [-0.4, -0.2) is 28.5 Å². The number of hydrogen-bond acceptors (Lipinski definition) is 5. The SMILES string of the molecule is CC(=O)Oc1cc(C=N[C@H]2c3ccccc3C[C@H]2O)c(O)c(C(C)(C)C)c1. The van der Waals surface area contributed by atoms with Gasteiger partial charge in [0.2, 0.25) is 0 Å². The number of aliphatic imine (C=N–C) groups is 1. The minimum absolute atomic E-state index is 0.0999. The number of nitrogens with zero attached hydrogens (tertiary/aromatic N) is 1. The highest BCUT2D eigenvalue weighted by Crippen LogP contribution is 2.38. The van der Waals surface area contributed by atoms with Crippen LogP contribution in [0.3, 0.4) is 0 Å². The zero-order valence-electron chi connectivity index (χ0n) is 16.1. The molecule has 0 saturated carbocycles.